The summed E-state index contributed by atoms with van der Waals surface area (Å²) >= 11 is 3.51. The molecule has 3 heteroatoms. The number of halogens is 1. The zero-order valence-corrected chi connectivity index (χ0v) is 12.8. The second-order valence-electron chi connectivity index (χ2n) is 5.43. The van der Waals surface area contributed by atoms with Gasteiger partial charge in [0.15, 0.2) is 0 Å². The Hall–Kier alpha value is -0.540. The highest BCUT2D eigenvalue weighted by atomic mass is 79.9. The Kier molecular flexibility index (Phi) is 4.68. The van der Waals surface area contributed by atoms with E-state index in [0.29, 0.717) is 12.6 Å². The summed E-state index contributed by atoms with van der Waals surface area (Å²) in [6, 6.07) is 4.16. The van der Waals surface area contributed by atoms with Gasteiger partial charge >= 0.3 is 0 Å². The van der Waals surface area contributed by atoms with Crippen molar-refractivity contribution < 1.29 is 4.74 Å². The van der Waals surface area contributed by atoms with Crippen molar-refractivity contribution in [3.8, 4) is 5.75 Å². The number of hydrogen-bond donors (Lipinski definition) is 1. The van der Waals surface area contributed by atoms with Crippen LogP contribution < -0.4 is 10.5 Å². The van der Waals surface area contributed by atoms with Gasteiger partial charge in [-0.25, -0.2) is 0 Å². The van der Waals surface area contributed by atoms with Crippen LogP contribution in [0.3, 0.4) is 0 Å². The summed E-state index contributed by atoms with van der Waals surface area (Å²) in [6.45, 7) is 4.93. The Balaban J connectivity index is 2.17. The molecule has 18 heavy (non-hydrogen) atoms. The van der Waals surface area contributed by atoms with Gasteiger partial charge in [0, 0.05) is 16.6 Å². The summed E-state index contributed by atoms with van der Waals surface area (Å²) in [7, 11) is 0. The van der Waals surface area contributed by atoms with Crippen molar-refractivity contribution in [2.24, 2.45) is 11.7 Å². The average molecular weight is 312 g/mol. The number of ether oxygens (including phenoxy) is 1. The molecule has 2 unspecified atom stereocenters. The Morgan fingerprint density at radius 3 is 2.83 bits per heavy atom. The molecule has 0 heterocycles. The standard InChI is InChI=1S/C15H22BrNO/c1-10-4-3-5-14(6-10)18-15-11(2)7-13(16)8-12(15)9-17/h7-8,10,14H,3-6,9,17H2,1-2H3. The van der Waals surface area contributed by atoms with Gasteiger partial charge in [-0.2, -0.15) is 0 Å². The first-order chi connectivity index (χ1) is 8.60. The van der Waals surface area contributed by atoms with Gasteiger partial charge in [-0.1, -0.05) is 29.3 Å². The van der Waals surface area contributed by atoms with E-state index in [1.54, 1.807) is 0 Å². The molecule has 1 aromatic rings. The molecule has 0 saturated heterocycles. The van der Waals surface area contributed by atoms with Crippen LogP contribution >= 0.6 is 15.9 Å². The summed E-state index contributed by atoms with van der Waals surface area (Å²) in [5.41, 5.74) is 8.09. The van der Waals surface area contributed by atoms with Gasteiger partial charge in [-0.15, -0.1) is 0 Å². The highest BCUT2D eigenvalue weighted by Gasteiger charge is 2.21. The zero-order chi connectivity index (χ0) is 13.1. The maximum atomic E-state index is 6.23. The molecular formula is C15H22BrNO. The monoisotopic (exact) mass is 311 g/mol. The minimum absolute atomic E-state index is 0.360. The molecule has 1 saturated carbocycles. The largest absolute Gasteiger partial charge is 0.490 e. The molecule has 2 nitrogen and oxygen atoms in total. The van der Waals surface area contributed by atoms with Gasteiger partial charge in [-0.3, -0.25) is 0 Å². The van der Waals surface area contributed by atoms with Crippen LogP contribution in [0, 0.1) is 12.8 Å². The van der Waals surface area contributed by atoms with E-state index in [1.165, 1.54) is 31.2 Å². The zero-order valence-electron chi connectivity index (χ0n) is 11.2. The van der Waals surface area contributed by atoms with Gasteiger partial charge in [-0.05, 0) is 49.8 Å². The SMILES string of the molecule is Cc1cc(Br)cc(CN)c1OC1CCCC(C)C1. The average Bonchev–Trinajstić information content (AvgIpc) is 2.32. The molecule has 100 valence electrons. The molecule has 0 amide bonds. The fraction of sp³-hybridized carbons (Fsp3) is 0.600. The van der Waals surface area contributed by atoms with Crippen LogP contribution in [-0.2, 0) is 6.54 Å². The number of rotatable bonds is 3. The van der Waals surface area contributed by atoms with Crippen molar-refractivity contribution in [1.29, 1.82) is 0 Å². The highest BCUT2D eigenvalue weighted by Crippen LogP contribution is 2.32. The maximum absolute atomic E-state index is 6.23. The van der Waals surface area contributed by atoms with Gasteiger partial charge in [0.25, 0.3) is 0 Å². The molecule has 0 radical (unpaired) electrons. The third-order valence-corrected chi connectivity index (χ3v) is 4.17. The third-order valence-electron chi connectivity index (χ3n) is 3.71. The molecule has 2 rings (SSSR count). The molecule has 1 fully saturated rings. The molecule has 1 aromatic carbocycles. The second kappa shape index (κ2) is 6.07. The number of aryl methyl sites for hydroxylation is 1. The summed E-state index contributed by atoms with van der Waals surface area (Å²) in [5, 5.41) is 0. The van der Waals surface area contributed by atoms with E-state index in [-0.39, 0.29) is 0 Å². The lowest BCUT2D eigenvalue weighted by Crippen LogP contribution is -2.25. The molecule has 0 spiro atoms. The second-order valence-corrected chi connectivity index (χ2v) is 6.34. The van der Waals surface area contributed by atoms with Crippen molar-refractivity contribution in [1.82, 2.24) is 0 Å². The van der Waals surface area contributed by atoms with Gasteiger partial charge in [0.05, 0.1) is 6.10 Å². The lowest BCUT2D eigenvalue weighted by Gasteiger charge is -2.29. The lowest BCUT2D eigenvalue weighted by atomic mass is 9.88. The normalized spacial score (nSPS) is 24.0. The Labute approximate surface area is 118 Å². The van der Waals surface area contributed by atoms with Crippen molar-refractivity contribution in [2.45, 2.75) is 52.2 Å². The summed E-state index contributed by atoms with van der Waals surface area (Å²) in [6.07, 6.45) is 5.31. The van der Waals surface area contributed by atoms with Crippen LogP contribution in [0.5, 0.6) is 5.75 Å². The first kappa shape index (κ1) is 13.9. The number of hydrogen-bond acceptors (Lipinski definition) is 2. The number of benzene rings is 1. The van der Waals surface area contributed by atoms with E-state index in [9.17, 15) is 0 Å². The summed E-state index contributed by atoms with van der Waals surface area (Å²) < 4.78 is 7.31. The quantitative estimate of drug-likeness (QED) is 0.909. The highest BCUT2D eigenvalue weighted by molar-refractivity contribution is 9.10. The Morgan fingerprint density at radius 1 is 1.39 bits per heavy atom. The smallest absolute Gasteiger partial charge is 0.127 e. The van der Waals surface area contributed by atoms with Crippen LogP contribution in [0.15, 0.2) is 16.6 Å². The molecule has 2 N–H and O–H groups in total. The first-order valence-electron chi connectivity index (χ1n) is 6.76. The van der Waals surface area contributed by atoms with Crippen LogP contribution in [0.1, 0.15) is 43.7 Å². The van der Waals surface area contributed by atoms with E-state index < -0.39 is 0 Å². The lowest BCUT2D eigenvalue weighted by molar-refractivity contribution is 0.127. The molecule has 2 atom stereocenters. The predicted molar refractivity (Wildman–Crippen MR) is 78.8 cm³/mol. The van der Waals surface area contributed by atoms with E-state index in [4.69, 9.17) is 10.5 Å². The fourth-order valence-corrected chi connectivity index (χ4v) is 3.39. The summed E-state index contributed by atoms with van der Waals surface area (Å²) in [5.74, 6) is 1.78. The molecule has 1 aliphatic carbocycles. The molecule has 0 bridgehead atoms. The Morgan fingerprint density at radius 2 is 2.17 bits per heavy atom. The maximum Gasteiger partial charge on any atom is 0.127 e. The van der Waals surface area contributed by atoms with E-state index >= 15 is 0 Å². The molecule has 1 aliphatic rings. The third kappa shape index (κ3) is 3.27. The minimum Gasteiger partial charge on any atom is -0.490 e. The van der Waals surface area contributed by atoms with Gasteiger partial charge in [0.1, 0.15) is 5.75 Å². The van der Waals surface area contributed by atoms with E-state index in [1.807, 2.05) is 0 Å². The molecular weight excluding hydrogens is 290 g/mol. The number of nitrogens with two attached hydrogens (primary N) is 1. The van der Waals surface area contributed by atoms with Crippen molar-refractivity contribution in [3.63, 3.8) is 0 Å². The summed E-state index contributed by atoms with van der Waals surface area (Å²) in [4.78, 5) is 0. The van der Waals surface area contributed by atoms with Crippen LogP contribution in [0.2, 0.25) is 0 Å². The van der Waals surface area contributed by atoms with Crippen molar-refractivity contribution in [2.75, 3.05) is 0 Å². The van der Waals surface area contributed by atoms with E-state index in [0.717, 1.165) is 21.7 Å². The van der Waals surface area contributed by atoms with Gasteiger partial charge < -0.3 is 10.5 Å². The van der Waals surface area contributed by atoms with Crippen molar-refractivity contribution >= 4 is 15.9 Å². The van der Waals surface area contributed by atoms with Crippen LogP contribution in [-0.4, -0.2) is 6.10 Å². The minimum atomic E-state index is 0.360. The van der Waals surface area contributed by atoms with E-state index in [2.05, 4.69) is 41.9 Å². The topological polar surface area (TPSA) is 35.2 Å². The van der Waals surface area contributed by atoms with Crippen LogP contribution in [0.25, 0.3) is 0 Å². The van der Waals surface area contributed by atoms with Gasteiger partial charge in [0.2, 0.25) is 0 Å². The Bertz CT molecular complexity index is 419. The molecule has 0 aliphatic heterocycles. The fourth-order valence-electron chi connectivity index (χ4n) is 2.77. The molecule has 0 aromatic heterocycles. The van der Waals surface area contributed by atoms with Crippen LogP contribution in [0.4, 0.5) is 0 Å². The van der Waals surface area contributed by atoms with Crippen molar-refractivity contribution in [3.05, 3.63) is 27.7 Å². The first-order valence-corrected chi connectivity index (χ1v) is 7.55. The predicted octanol–water partition coefficient (Wildman–Crippen LogP) is 4.17.